The zero-order valence-corrected chi connectivity index (χ0v) is 21.6. The first-order chi connectivity index (χ1) is 17.5. The maximum atomic E-state index is 12.6. The van der Waals surface area contributed by atoms with Gasteiger partial charge in [-0.15, -0.1) is 11.3 Å². The molecule has 2 saturated carbocycles. The predicted octanol–water partition coefficient (Wildman–Crippen LogP) is 6.83. The molecule has 3 unspecified atom stereocenters. The lowest BCUT2D eigenvalue weighted by atomic mass is 9.45. The van der Waals surface area contributed by atoms with Gasteiger partial charge in [0.1, 0.15) is 0 Å². The van der Waals surface area contributed by atoms with E-state index in [1.165, 1.54) is 37.8 Å². The van der Waals surface area contributed by atoms with Crippen molar-refractivity contribution in [1.29, 1.82) is 0 Å². The van der Waals surface area contributed by atoms with Crippen molar-refractivity contribution < 1.29 is 4.79 Å². The molecular formula is C31H33N3OS. The molecule has 0 aliphatic heterocycles. The average Bonchev–Trinajstić information content (AvgIpc) is 3.40. The number of carbonyl (C=O) groups is 1. The van der Waals surface area contributed by atoms with E-state index in [4.69, 9.17) is 5.73 Å². The van der Waals surface area contributed by atoms with Gasteiger partial charge in [-0.3, -0.25) is 4.79 Å². The highest BCUT2D eigenvalue weighted by atomic mass is 32.1. The van der Waals surface area contributed by atoms with Crippen LogP contribution in [-0.4, -0.2) is 24.4 Å². The molecular weight excluding hydrogens is 462 g/mol. The molecule has 2 aromatic carbocycles. The number of hydrogen-bond acceptors (Lipinski definition) is 4. The van der Waals surface area contributed by atoms with E-state index >= 15 is 0 Å². The van der Waals surface area contributed by atoms with Crippen LogP contribution in [0.4, 0.5) is 11.4 Å². The SMILES string of the molecule is CN(Cc1ccc(/C=C/C(=O)Nc2cc(-c3cccs3)ccc2N)cc1)CC12CC3CC=C1C(C3)C2. The van der Waals surface area contributed by atoms with E-state index in [2.05, 4.69) is 53.7 Å². The van der Waals surface area contributed by atoms with Gasteiger partial charge in [0.2, 0.25) is 5.91 Å². The summed E-state index contributed by atoms with van der Waals surface area (Å²) in [6.45, 7) is 2.12. The summed E-state index contributed by atoms with van der Waals surface area (Å²) in [4.78, 5) is 16.2. The Morgan fingerprint density at radius 1 is 1.19 bits per heavy atom. The molecule has 0 radical (unpaired) electrons. The number of nitrogens with one attached hydrogen (secondary N) is 1. The van der Waals surface area contributed by atoms with Crippen molar-refractivity contribution in [2.45, 2.75) is 32.2 Å². The van der Waals surface area contributed by atoms with Gasteiger partial charge in [0, 0.05) is 29.5 Å². The minimum Gasteiger partial charge on any atom is -0.397 e. The quantitative estimate of drug-likeness (QED) is 0.205. The predicted molar refractivity (Wildman–Crippen MR) is 151 cm³/mol. The molecule has 1 amide bonds. The van der Waals surface area contributed by atoms with Gasteiger partial charge >= 0.3 is 0 Å². The lowest BCUT2D eigenvalue weighted by molar-refractivity contribution is -0.111. The Bertz CT molecular complexity index is 1320. The number of hydrogen-bond donors (Lipinski definition) is 2. The smallest absolute Gasteiger partial charge is 0.248 e. The van der Waals surface area contributed by atoms with Gasteiger partial charge in [-0.05, 0) is 90.9 Å². The molecule has 4 aliphatic rings. The first-order valence-corrected chi connectivity index (χ1v) is 13.8. The third-order valence-corrected chi connectivity index (χ3v) is 9.13. The van der Waals surface area contributed by atoms with Crippen molar-refractivity contribution in [2.75, 3.05) is 24.6 Å². The standard InChI is InChI=1S/C31H33N3OS/c1-34(20-31-17-23-8-11-26(31)25(15-23)18-31)19-22-6-4-21(5-7-22)9-13-30(35)33-28-16-24(10-12-27(28)32)29-3-2-14-36-29/h2-7,9-14,16,23,25H,8,15,17-20,32H2,1H3,(H,33,35)/b13-9+. The number of anilines is 2. The number of nitrogens with zero attached hydrogens (tertiary/aromatic N) is 1. The fourth-order valence-electron chi connectivity index (χ4n) is 6.75. The summed E-state index contributed by atoms with van der Waals surface area (Å²) in [5.41, 5.74) is 12.9. The van der Waals surface area contributed by atoms with Gasteiger partial charge in [0.15, 0.2) is 0 Å². The molecule has 3 aromatic rings. The summed E-state index contributed by atoms with van der Waals surface area (Å²) in [7, 11) is 2.25. The number of allylic oxidation sites excluding steroid dienone is 1. The second-order valence-electron chi connectivity index (χ2n) is 10.9. The number of thiophene rings is 1. The topological polar surface area (TPSA) is 58.4 Å². The molecule has 184 valence electrons. The number of benzene rings is 2. The number of amides is 1. The highest BCUT2D eigenvalue weighted by Gasteiger charge is 2.56. The van der Waals surface area contributed by atoms with Gasteiger partial charge in [-0.2, -0.15) is 0 Å². The zero-order chi connectivity index (χ0) is 24.7. The Hall–Kier alpha value is -3.15. The Balaban J connectivity index is 1.04. The molecule has 0 spiro atoms. The van der Waals surface area contributed by atoms with Crippen LogP contribution in [0.5, 0.6) is 0 Å². The monoisotopic (exact) mass is 495 g/mol. The number of fused-ring (bicyclic) bond motifs is 1. The van der Waals surface area contributed by atoms with Crippen LogP contribution in [-0.2, 0) is 11.3 Å². The summed E-state index contributed by atoms with van der Waals surface area (Å²) in [6.07, 6.45) is 11.5. The molecule has 3 atom stereocenters. The highest BCUT2D eigenvalue weighted by molar-refractivity contribution is 7.13. The second kappa shape index (κ2) is 9.38. The van der Waals surface area contributed by atoms with E-state index in [-0.39, 0.29) is 5.91 Å². The minimum absolute atomic E-state index is 0.192. The van der Waals surface area contributed by atoms with Crippen molar-refractivity contribution in [3.63, 3.8) is 0 Å². The summed E-state index contributed by atoms with van der Waals surface area (Å²) in [6, 6.07) is 18.3. The second-order valence-corrected chi connectivity index (χ2v) is 11.8. The largest absolute Gasteiger partial charge is 0.397 e. The van der Waals surface area contributed by atoms with Crippen LogP contribution in [0.3, 0.4) is 0 Å². The molecule has 3 N–H and O–H groups in total. The number of rotatable bonds is 8. The molecule has 4 aliphatic carbocycles. The summed E-state index contributed by atoms with van der Waals surface area (Å²) in [5, 5.41) is 4.96. The Labute approximate surface area is 217 Å². The van der Waals surface area contributed by atoms with Crippen LogP contribution in [0, 0.1) is 17.3 Å². The molecule has 1 aromatic heterocycles. The summed E-state index contributed by atoms with van der Waals surface area (Å²) in [5.74, 6) is 1.64. The fourth-order valence-corrected chi connectivity index (χ4v) is 7.48. The zero-order valence-electron chi connectivity index (χ0n) is 20.7. The molecule has 1 heterocycles. The first-order valence-electron chi connectivity index (χ1n) is 12.9. The molecule has 7 rings (SSSR count). The maximum absolute atomic E-state index is 12.6. The van der Waals surface area contributed by atoms with Gasteiger partial charge < -0.3 is 16.0 Å². The fraction of sp³-hybridized carbons (Fsp3) is 0.323. The van der Waals surface area contributed by atoms with Crippen molar-refractivity contribution in [2.24, 2.45) is 17.3 Å². The van der Waals surface area contributed by atoms with E-state index in [9.17, 15) is 4.79 Å². The first kappa shape index (κ1) is 23.3. The normalized spacial score (nSPS) is 24.1. The van der Waals surface area contributed by atoms with Crippen LogP contribution in [0.25, 0.3) is 16.5 Å². The van der Waals surface area contributed by atoms with E-state index in [1.807, 2.05) is 35.7 Å². The molecule has 4 nitrogen and oxygen atoms in total. The molecule has 5 heteroatoms. The van der Waals surface area contributed by atoms with Crippen molar-refractivity contribution in [1.82, 2.24) is 4.90 Å². The Kier molecular flexibility index (Phi) is 6.06. The molecule has 36 heavy (non-hydrogen) atoms. The Morgan fingerprint density at radius 2 is 2.06 bits per heavy atom. The summed E-state index contributed by atoms with van der Waals surface area (Å²) < 4.78 is 0. The lowest BCUT2D eigenvalue weighted by Gasteiger charge is -2.61. The molecule has 0 saturated heterocycles. The van der Waals surface area contributed by atoms with Crippen molar-refractivity contribution in [3.05, 3.63) is 88.8 Å². The molecule has 2 fully saturated rings. The number of nitrogens with two attached hydrogens (primary N) is 1. The van der Waals surface area contributed by atoms with Crippen LogP contribution >= 0.6 is 11.3 Å². The molecule has 4 bridgehead atoms. The number of carbonyl (C=O) groups excluding carboxylic acids is 1. The van der Waals surface area contributed by atoms with Crippen LogP contribution < -0.4 is 11.1 Å². The third kappa shape index (κ3) is 4.54. The highest BCUT2D eigenvalue weighted by Crippen LogP contribution is 2.65. The average molecular weight is 496 g/mol. The van der Waals surface area contributed by atoms with Crippen LogP contribution in [0.2, 0.25) is 0 Å². The van der Waals surface area contributed by atoms with E-state index < -0.39 is 0 Å². The number of nitrogen functional groups attached to an aromatic ring is 1. The lowest BCUT2D eigenvalue weighted by Crippen LogP contribution is -2.54. The van der Waals surface area contributed by atoms with Crippen molar-refractivity contribution >= 4 is 34.7 Å². The van der Waals surface area contributed by atoms with Gasteiger partial charge in [-0.1, -0.05) is 48.0 Å². The van der Waals surface area contributed by atoms with Gasteiger partial charge in [-0.25, -0.2) is 0 Å². The Morgan fingerprint density at radius 3 is 2.78 bits per heavy atom. The summed E-state index contributed by atoms with van der Waals surface area (Å²) >= 11 is 1.66. The van der Waals surface area contributed by atoms with E-state index in [0.29, 0.717) is 16.8 Å². The minimum atomic E-state index is -0.192. The van der Waals surface area contributed by atoms with Gasteiger partial charge in [0.05, 0.1) is 11.4 Å². The third-order valence-electron chi connectivity index (χ3n) is 8.21. The van der Waals surface area contributed by atoms with Crippen LogP contribution in [0.1, 0.15) is 36.8 Å². The van der Waals surface area contributed by atoms with E-state index in [1.54, 1.807) is 23.0 Å². The maximum Gasteiger partial charge on any atom is 0.248 e. The van der Waals surface area contributed by atoms with Crippen molar-refractivity contribution in [3.8, 4) is 10.4 Å². The van der Waals surface area contributed by atoms with Gasteiger partial charge in [0.25, 0.3) is 0 Å². The van der Waals surface area contributed by atoms with E-state index in [0.717, 1.165) is 34.4 Å². The van der Waals surface area contributed by atoms with Crippen LogP contribution in [0.15, 0.2) is 77.7 Å².